The van der Waals surface area contributed by atoms with E-state index >= 15 is 0 Å². The number of amides is 2. The first-order valence-corrected chi connectivity index (χ1v) is 10.4. The highest BCUT2D eigenvalue weighted by atomic mass is 32.2. The van der Waals surface area contributed by atoms with Gasteiger partial charge in [0.2, 0.25) is 11.8 Å². The molecule has 0 saturated carbocycles. The van der Waals surface area contributed by atoms with Crippen LogP contribution in [0.5, 0.6) is 0 Å². The molecule has 1 saturated heterocycles. The van der Waals surface area contributed by atoms with E-state index in [9.17, 15) is 22.8 Å². The molecule has 1 aliphatic heterocycles. The summed E-state index contributed by atoms with van der Waals surface area (Å²) < 4.78 is 22.8. The minimum absolute atomic E-state index is 0.0280. The fourth-order valence-corrected chi connectivity index (χ4v) is 4.72. The predicted octanol–water partition coefficient (Wildman–Crippen LogP) is -0.725. The number of hydrogen-bond donors (Lipinski definition) is 3. The molecule has 27 heavy (non-hydrogen) atoms. The minimum Gasteiger partial charge on any atom is -0.355 e. The van der Waals surface area contributed by atoms with Crippen molar-refractivity contribution in [2.45, 2.75) is 25.3 Å². The maximum absolute atomic E-state index is 12.1. The minimum atomic E-state index is -3.05. The molecule has 0 spiro atoms. The Morgan fingerprint density at radius 1 is 1.19 bits per heavy atom. The molecule has 0 aliphatic carbocycles. The summed E-state index contributed by atoms with van der Waals surface area (Å²) in [6, 6.07) is 6.53. The van der Waals surface area contributed by atoms with Gasteiger partial charge in [0.25, 0.3) is 5.56 Å². The Bertz CT molecular complexity index is 1030. The van der Waals surface area contributed by atoms with E-state index in [1.165, 1.54) is 0 Å². The van der Waals surface area contributed by atoms with Crippen LogP contribution < -0.4 is 16.2 Å². The second-order valence-electron chi connectivity index (χ2n) is 6.49. The molecule has 0 bridgehead atoms. The van der Waals surface area contributed by atoms with E-state index < -0.39 is 9.84 Å². The maximum atomic E-state index is 12.1. The zero-order chi connectivity index (χ0) is 19.4. The Kier molecular flexibility index (Phi) is 5.54. The lowest BCUT2D eigenvalue weighted by molar-refractivity contribution is -0.122. The largest absolute Gasteiger partial charge is 0.355 e. The van der Waals surface area contributed by atoms with Gasteiger partial charge in [-0.05, 0) is 12.5 Å². The number of carbonyl (C=O) groups excluding carboxylic acids is 2. The summed E-state index contributed by atoms with van der Waals surface area (Å²) in [5, 5.41) is 12.7. The van der Waals surface area contributed by atoms with Gasteiger partial charge in [0, 0.05) is 24.4 Å². The molecule has 144 valence electrons. The van der Waals surface area contributed by atoms with Gasteiger partial charge in [-0.1, -0.05) is 18.2 Å². The molecule has 2 heterocycles. The lowest BCUT2D eigenvalue weighted by atomic mass is 10.1. The maximum Gasteiger partial charge on any atom is 0.272 e. The van der Waals surface area contributed by atoms with Crippen LogP contribution in [0, 0.1) is 0 Å². The topological polar surface area (TPSA) is 138 Å². The van der Waals surface area contributed by atoms with Gasteiger partial charge < -0.3 is 10.6 Å². The molecular formula is C17H20N4O5S. The highest BCUT2D eigenvalue weighted by Gasteiger charge is 2.28. The number of fused-ring (bicyclic) bond motifs is 1. The van der Waals surface area contributed by atoms with Crippen LogP contribution in [-0.4, -0.2) is 54.5 Å². The predicted molar refractivity (Wildman–Crippen MR) is 98.9 cm³/mol. The third-order valence-corrected chi connectivity index (χ3v) is 6.14. The summed E-state index contributed by atoms with van der Waals surface area (Å²) in [6.45, 7) is 0.130. The quantitative estimate of drug-likeness (QED) is 0.593. The van der Waals surface area contributed by atoms with Crippen molar-refractivity contribution < 1.29 is 18.0 Å². The molecule has 1 aromatic heterocycles. The van der Waals surface area contributed by atoms with Gasteiger partial charge in [-0.3, -0.25) is 14.4 Å². The van der Waals surface area contributed by atoms with Crippen molar-refractivity contribution in [1.29, 1.82) is 0 Å². The standard InChI is InChI=1S/C17H20N4O5S/c22-15(19-11-6-8-27(25,26)10-11)5-7-18-16(23)9-14-12-3-1-2-4-13(12)17(24)21-20-14/h1-4,11H,5-10H2,(H,18,23)(H,19,22)(H,21,24)/t11-/m1/s1. The van der Waals surface area contributed by atoms with Crippen LogP contribution in [0.2, 0.25) is 0 Å². The van der Waals surface area contributed by atoms with Gasteiger partial charge in [0.1, 0.15) is 0 Å². The number of nitrogens with one attached hydrogen (secondary N) is 3. The van der Waals surface area contributed by atoms with E-state index in [0.29, 0.717) is 22.9 Å². The Balaban J connectivity index is 1.49. The summed E-state index contributed by atoms with van der Waals surface area (Å²) >= 11 is 0. The van der Waals surface area contributed by atoms with Gasteiger partial charge in [0.05, 0.1) is 29.0 Å². The number of aromatic nitrogens is 2. The molecule has 3 N–H and O–H groups in total. The SMILES string of the molecule is O=C(Cc1n[nH]c(=O)c2ccccc12)NCCC(=O)N[C@@H]1CCS(=O)(=O)C1. The Morgan fingerprint density at radius 3 is 2.63 bits per heavy atom. The number of rotatable bonds is 6. The Hall–Kier alpha value is -2.75. The molecule has 9 nitrogen and oxygen atoms in total. The zero-order valence-corrected chi connectivity index (χ0v) is 15.3. The van der Waals surface area contributed by atoms with Gasteiger partial charge in [-0.2, -0.15) is 5.10 Å². The Labute approximate surface area is 155 Å². The summed E-state index contributed by atoms with van der Waals surface area (Å²) in [5.74, 6) is -0.564. The first-order valence-electron chi connectivity index (χ1n) is 8.57. The summed E-state index contributed by atoms with van der Waals surface area (Å²) in [6.07, 6.45) is 0.452. The lowest BCUT2D eigenvalue weighted by Crippen LogP contribution is -2.38. The normalized spacial score (nSPS) is 18.3. The number of hydrogen-bond acceptors (Lipinski definition) is 6. The van der Waals surface area contributed by atoms with E-state index in [0.717, 1.165) is 0 Å². The number of sulfone groups is 1. The van der Waals surface area contributed by atoms with Crippen molar-refractivity contribution in [2.24, 2.45) is 0 Å². The average molecular weight is 392 g/mol. The van der Waals surface area contributed by atoms with Crippen molar-refractivity contribution in [3.63, 3.8) is 0 Å². The Morgan fingerprint density at radius 2 is 1.93 bits per heavy atom. The van der Waals surface area contributed by atoms with Crippen LogP contribution in [0.3, 0.4) is 0 Å². The first-order chi connectivity index (χ1) is 12.8. The number of nitrogens with zero attached hydrogens (tertiary/aromatic N) is 1. The average Bonchev–Trinajstić information content (AvgIpc) is 2.96. The molecule has 2 amide bonds. The second kappa shape index (κ2) is 7.87. The monoisotopic (exact) mass is 392 g/mol. The summed E-state index contributed by atoms with van der Waals surface area (Å²) in [5.41, 5.74) is 0.128. The van der Waals surface area contributed by atoms with Gasteiger partial charge in [0.15, 0.2) is 9.84 Å². The van der Waals surface area contributed by atoms with Crippen molar-refractivity contribution in [3.05, 3.63) is 40.3 Å². The molecule has 10 heteroatoms. The van der Waals surface area contributed by atoms with Crippen LogP contribution >= 0.6 is 0 Å². The van der Waals surface area contributed by atoms with Crippen molar-refractivity contribution in [1.82, 2.24) is 20.8 Å². The summed E-state index contributed by atoms with van der Waals surface area (Å²) in [7, 11) is -3.05. The van der Waals surface area contributed by atoms with Crippen LogP contribution in [0.25, 0.3) is 10.8 Å². The fraction of sp³-hybridized carbons (Fsp3) is 0.412. The van der Waals surface area contributed by atoms with Crippen LogP contribution in [0.1, 0.15) is 18.5 Å². The second-order valence-corrected chi connectivity index (χ2v) is 8.72. The van der Waals surface area contributed by atoms with Crippen LogP contribution in [0.15, 0.2) is 29.1 Å². The number of H-pyrrole nitrogens is 1. The van der Waals surface area contributed by atoms with Crippen molar-refractivity contribution >= 4 is 32.4 Å². The van der Waals surface area contributed by atoms with E-state index in [1.54, 1.807) is 24.3 Å². The smallest absolute Gasteiger partial charge is 0.272 e. The number of aromatic amines is 1. The fourth-order valence-electron chi connectivity index (χ4n) is 3.04. The molecule has 2 aromatic rings. The number of carbonyl (C=O) groups is 2. The zero-order valence-electron chi connectivity index (χ0n) is 14.5. The van der Waals surface area contributed by atoms with E-state index in [-0.39, 0.29) is 54.3 Å². The van der Waals surface area contributed by atoms with Crippen LogP contribution in [0.4, 0.5) is 0 Å². The molecule has 3 rings (SSSR count). The molecule has 1 aromatic carbocycles. The number of benzene rings is 1. The van der Waals surface area contributed by atoms with Gasteiger partial charge in [-0.15, -0.1) is 0 Å². The van der Waals surface area contributed by atoms with Gasteiger partial charge >= 0.3 is 0 Å². The molecule has 1 fully saturated rings. The van der Waals surface area contributed by atoms with Crippen molar-refractivity contribution in [2.75, 3.05) is 18.1 Å². The third kappa shape index (κ3) is 4.91. The first kappa shape index (κ1) is 19.0. The highest BCUT2D eigenvalue weighted by Crippen LogP contribution is 2.13. The molecule has 1 aliphatic rings. The van der Waals surface area contributed by atoms with Crippen LogP contribution in [-0.2, 0) is 25.8 Å². The molecule has 0 radical (unpaired) electrons. The van der Waals surface area contributed by atoms with Gasteiger partial charge in [-0.25, -0.2) is 13.5 Å². The van der Waals surface area contributed by atoms with E-state index in [1.807, 2.05) is 0 Å². The third-order valence-electron chi connectivity index (χ3n) is 4.37. The summed E-state index contributed by atoms with van der Waals surface area (Å²) in [4.78, 5) is 35.7. The highest BCUT2D eigenvalue weighted by molar-refractivity contribution is 7.91. The van der Waals surface area contributed by atoms with Crippen molar-refractivity contribution in [3.8, 4) is 0 Å². The molecular weight excluding hydrogens is 372 g/mol. The molecule has 0 unspecified atom stereocenters. The lowest BCUT2D eigenvalue weighted by Gasteiger charge is -2.11. The molecule has 1 atom stereocenters. The van der Waals surface area contributed by atoms with E-state index in [4.69, 9.17) is 0 Å². The van der Waals surface area contributed by atoms with E-state index in [2.05, 4.69) is 20.8 Å².